The molecule has 0 spiro atoms. The molecule has 3 nitrogen and oxygen atoms in total. The van der Waals surface area contributed by atoms with Gasteiger partial charge in [-0.15, -0.1) is 0 Å². The first-order valence-electron chi connectivity index (χ1n) is 5.78. The van der Waals surface area contributed by atoms with Crippen LogP contribution in [0.1, 0.15) is 46.0 Å². The SMILES string of the molecule is CCCCCCCNCC(=O)NCC. The highest BCUT2D eigenvalue weighted by Crippen LogP contribution is 2.00. The lowest BCUT2D eigenvalue weighted by Gasteiger charge is -2.04. The van der Waals surface area contributed by atoms with Crippen LogP contribution in [-0.2, 0) is 4.79 Å². The molecular weight excluding hydrogens is 176 g/mol. The summed E-state index contributed by atoms with van der Waals surface area (Å²) < 4.78 is 0. The molecule has 0 saturated carbocycles. The molecule has 0 bridgehead atoms. The number of likely N-dealkylation sites (N-methyl/N-ethyl adjacent to an activating group) is 1. The molecule has 0 aromatic rings. The molecule has 0 aliphatic rings. The van der Waals surface area contributed by atoms with Gasteiger partial charge in [-0.3, -0.25) is 4.79 Å². The van der Waals surface area contributed by atoms with Crippen molar-refractivity contribution in [1.82, 2.24) is 10.6 Å². The summed E-state index contributed by atoms with van der Waals surface area (Å²) in [4.78, 5) is 11.0. The summed E-state index contributed by atoms with van der Waals surface area (Å²) in [6, 6.07) is 0. The molecule has 0 saturated heterocycles. The van der Waals surface area contributed by atoms with Gasteiger partial charge in [0.1, 0.15) is 0 Å². The van der Waals surface area contributed by atoms with Gasteiger partial charge in [0.2, 0.25) is 5.91 Å². The van der Waals surface area contributed by atoms with E-state index >= 15 is 0 Å². The lowest BCUT2D eigenvalue weighted by molar-refractivity contribution is -0.120. The molecule has 3 heteroatoms. The van der Waals surface area contributed by atoms with E-state index in [0.29, 0.717) is 6.54 Å². The molecule has 0 aromatic heterocycles. The molecule has 0 aliphatic carbocycles. The zero-order chi connectivity index (χ0) is 10.6. The van der Waals surface area contributed by atoms with E-state index in [1.165, 1.54) is 32.1 Å². The molecule has 0 atom stereocenters. The highest BCUT2D eigenvalue weighted by atomic mass is 16.1. The second kappa shape index (κ2) is 10.5. The highest BCUT2D eigenvalue weighted by molar-refractivity contribution is 5.77. The Morgan fingerprint density at radius 3 is 2.43 bits per heavy atom. The third-order valence-corrected chi connectivity index (χ3v) is 2.12. The van der Waals surface area contributed by atoms with Crippen molar-refractivity contribution in [3.8, 4) is 0 Å². The monoisotopic (exact) mass is 200 g/mol. The first kappa shape index (κ1) is 13.4. The maximum absolute atomic E-state index is 11.0. The first-order chi connectivity index (χ1) is 6.81. The normalized spacial score (nSPS) is 10.1. The van der Waals surface area contributed by atoms with Crippen molar-refractivity contribution in [2.24, 2.45) is 0 Å². The Bertz CT molecular complexity index is 137. The predicted molar refractivity (Wildman–Crippen MR) is 60.3 cm³/mol. The van der Waals surface area contributed by atoms with Crippen molar-refractivity contribution < 1.29 is 4.79 Å². The number of carbonyl (C=O) groups is 1. The molecular formula is C11H24N2O. The molecule has 0 unspecified atom stereocenters. The number of rotatable bonds is 9. The third kappa shape index (κ3) is 9.52. The molecule has 2 N–H and O–H groups in total. The van der Waals surface area contributed by atoms with Crippen LogP contribution in [-0.4, -0.2) is 25.5 Å². The lowest BCUT2D eigenvalue weighted by Crippen LogP contribution is -2.33. The maximum atomic E-state index is 11.0. The maximum Gasteiger partial charge on any atom is 0.233 e. The van der Waals surface area contributed by atoms with Gasteiger partial charge in [-0.25, -0.2) is 0 Å². The number of carbonyl (C=O) groups excluding carboxylic acids is 1. The van der Waals surface area contributed by atoms with Crippen LogP contribution in [0.2, 0.25) is 0 Å². The Morgan fingerprint density at radius 2 is 1.79 bits per heavy atom. The first-order valence-corrected chi connectivity index (χ1v) is 5.78. The Labute approximate surface area is 87.6 Å². The number of nitrogens with one attached hydrogen (secondary N) is 2. The average molecular weight is 200 g/mol. The van der Waals surface area contributed by atoms with Gasteiger partial charge in [-0.05, 0) is 19.9 Å². The lowest BCUT2D eigenvalue weighted by atomic mass is 10.1. The predicted octanol–water partition coefficient (Wildman–Crippen LogP) is 1.68. The molecule has 0 rings (SSSR count). The van der Waals surface area contributed by atoms with Gasteiger partial charge in [0.25, 0.3) is 0 Å². The van der Waals surface area contributed by atoms with Crippen molar-refractivity contribution in [1.29, 1.82) is 0 Å². The van der Waals surface area contributed by atoms with Gasteiger partial charge < -0.3 is 10.6 Å². The van der Waals surface area contributed by atoms with Crippen LogP contribution >= 0.6 is 0 Å². The summed E-state index contributed by atoms with van der Waals surface area (Å²) in [6.07, 6.45) is 6.39. The van der Waals surface area contributed by atoms with Crippen LogP contribution in [0.3, 0.4) is 0 Å². The standard InChI is InChI=1S/C11H24N2O/c1-3-5-6-7-8-9-12-10-11(14)13-4-2/h12H,3-10H2,1-2H3,(H,13,14). The van der Waals surface area contributed by atoms with E-state index in [-0.39, 0.29) is 5.91 Å². The topological polar surface area (TPSA) is 41.1 Å². The van der Waals surface area contributed by atoms with Crippen molar-refractivity contribution >= 4 is 5.91 Å². The average Bonchev–Trinajstić information content (AvgIpc) is 2.17. The Hall–Kier alpha value is -0.570. The minimum absolute atomic E-state index is 0.0982. The Kier molecular flexibility index (Phi) is 10.1. The Morgan fingerprint density at radius 1 is 1.07 bits per heavy atom. The summed E-state index contributed by atoms with van der Waals surface area (Å²) >= 11 is 0. The van der Waals surface area contributed by atoms with Crippen LogP contribution < -0.4 is 10.6 Å². The van der Waals surface area contributed by atoms with Gasteiger partial charge >= 0.3 is 0 Å². The van der Waals surface area contributed by atoms with Gasteiger partial charge in [0.05, 0.1) is 6.54 Å². The minimum Gasteiger partial charge on any atom is -0.355 e. The molecule has 84 valence electrons. The fourth-order valence-electron chi connectivity index (χ4n) is 1.32. The molecule has 0 fully saturated rings. The van der Waals surface area contributed by atoms with Crippen molar-refractivity contribution in [2.75, 3.05) is 19.6 Å². The highest BCUT2D eigenvalue weighted by Gasteiger charge is 1.96. The third-order valence-electron chi connectivity index (χ3n) is 2.12. The summed E-state index contributed by atoms with van der Waals surface area (Å²) in [5, 5.41) is 5.89. The van der Waals surface area contributed by atoms with E-state index in [0.717, 1.165) is 13.1 Å². The molecule has 1 amide bonds. The van der Waals surface area contributed by atoms with E-state index in [4.69, 9.17) is 0 Å². The van der Waals surface area contributed by atoms with Crippen LogP contribution in [0.25, 0.3) is 0 Å². The van der Waals surface area contributed by atoms with Crippen LogP contribution in [0.4, 0.5) is 0 Å². The quantitative estimate of drug-likeness (QED) is 0.556. The number of unbranched alkanes of at least 4 members (excludes halogenated alkanes) is 4. The van der Waals surface area contributed by atoms with Gasteiger partial charge in [0.15, 0.2) is 0 Å². The van der Waals surface area contributed by atoms with Gasteiger partial charge in [0, 0.05) is 6.54 Å². The fraction of sp³-hybridized carbons (Fsp3) is 0.909. The number of amides is 1. The molecule has 0 aliphatic heterocycles. The van der Waals surface area contributed by atoms with Gasteiger partial charge in [-0.1, -0.05) is 32.6 Å². The van der Waals surface area contributed by atoms with E-state index in [2.05, 4.69) is 17.6 Å². The van der Waals surface area contributed by atoms with E-state index in [9.17, 15) is 4.79 Å². The van der Waals surface area contributed by atoms with Gasteiger partial charge in [-0.2, -0.15) is 0 Å². The van der Waals surface area contributed by atoms with Crippen molar-refractivity contribution in [2.45, 2.75) is 46.0 Å². The zero-order valence-electron chi connectivity index (χ0n) is 9.57. The molecule has 0 radical (unpaired) electrons. The summed E-state index contributed by atoms with van der Waals surface area (Å²) in [5.41, 5.74) is 0. The molecule has 14 heavy (non-hydrogen) atoms. The zero-order valence-corrected chi connectivity index (χ0v) is 9.57. The Balaban J connectivity index is 3.01. The smallest absolute Gasteiger partial charge is 0.233 e. The molecule has 0 aromatic carbocycles. The fourth-order valence-corrected chi connectivity index (χ4v) is 1.32. The molecule has 0 heterocycles. The number of hydrogen-bond acceptors (Lipinski definition) is 2. The second-order valence-electron chi connectivity index (χ2n) is 3.54. The summed E-state index contributed by atoms with van der Waals surface area (Å²) in [6.45, 7) is 6.29. The summed E-state index contributed by atoms with van der Waals surface area (Å²) in [5.74, 6) is 0.0982. The van der Waals surface area contributed by atoms with Crippen LogP contribution in [0.15, 0.2) is 0 Å². The van der Waals surface area contributed by atoms with Crippen molar-refractivity contribution in [3.63, 3.8) is 0 Å². The number of hydrogen-bond donors (Lipinski definition) is 2. The van der Waals surface area contributed by atoms with E-state index < -0.39 is 0 Å². The second-order valence-corrected chi connectivity index (χ2v) is 3.54. The van der Waals surface area contributed by atoms with Crippen LogP contribution in [0, 0.1) is 0 Å². The minimum atomic E-state index is 0.0982. The van der Waals surface area contributed by atoms with E-state index in [1.54, 1.807) is 0 Å². The van der Waals surface area contributed by atoms with Crippen molar-refractivity contribution in [3.05, 3.63) is 0 Å². The largest absolute Gasteiger partial charge is 0.355 e. The summed E-state index contributed by atoms with van der Waals surface area (Å²) in [7, 11) is 0. The van der Waals surface area contributed by atoms with Crippen LogP contribution in [0.5, 0.6) is 0 Å². The van der Waals surface area contributed by atoms with E-state index in [1.807, 2.05) is 6.92 Å².